The first-order valence-corrected chi connectivity index (χ1v) is 13.2. The highest BCUT2D eigenvalue weighted by Gasteiger charge is 2.06. The molecule has 0 saturated carbocycles. The van der Waals surface area contributed by atoms with E-state index in [-0.39, 0.29) is 0 Å². The Morgan fingerprint density at radius 3 is 1.91 bits per heavy atom. The fourth-order valence-corrected chi connectivity index (χ4v) is 4.48. The van der Waals surface area contributed by atoms with Crippen molar-refractivity contribution in [3.8, 4) is 11.4 Å². The first-order valence-electron chi connectivity index (χ1n) is 13.2. The van der Waals surface area contributed by atoms with Crippen molar-refractivity contribution < 1.29 is 0 Å². The second-order valence-corrected chi connectivity index (χ2v) is 9.54. The maximum Gasteiger partial charge on any atom is 0.159 e. The van der Waals surface area contributed by atoms with Crippen LogP contribution in [0.4, 0.5) is 0 Å². The lowest BCUT2D eigenvalue weighted by atomic mass is 9.94. The van der Waals surface area contributed by atoms with E-state index in [4.69, 9.17) is 0 Å². The van der Waals surface area contributed by atoms with Crippen molar-refractivity contribution in [1.29, 1.82) is 0 Å². The Kier molecular flexibility index (Phi) is 11.1. The molecule has 0 saturated heterocycles. The van der Waals surface area contributed by atoms with Crippen LogP contribution in [0.2, 0.25) is 0 Å². The Labute approximate surface area is 201 Å². The molecule has 2 aromatic carbocycles. The molecule has 1 aromatic heterocycles. The zero-order chi connectivity index (χ0) is 23.1. The average molecular weight is 443 g/mol. The topological polar surface area (TPSA) is 25.8 Å². The van der Waals surface area contributed by atoms with Gasteiger partial charge in [0.25, 0.3) is 0 Å². The molecular weight excluding hydrogens is 400 g/mol. The van der Waals surface area contributed by atoms with Crippen LogP contribution >= 0.6 is 0 Å². The highest BCUT2D eigenvalue weighted by atomic mass is 14.9. The van der Waals surface area contributed by atoms with Gasteiger partial charge in [-0.1, -0.05) is 113 Å². The van der Waals surface area contributed by atoms with E-state index in [0.717, 1.165) is 24.2 Å². The van der Waals surface area contributed by atoms with Gasteiger partial charge in [0.2, 0.25) is 0 Å². The number of hydrogen-bond acceptors (Lipinski definition) is 2. The number of benzene rings is 2. The first kappa shape index (κ1) is 25.1. The molecule has 2 nitrogen and oxygen atoms in total. The molecule has 2 heteroatoms. The van der Waals surface area contributed by atoms with Crippen molar-refractivity contribution in [2.45, 2.75) is 96.8 Å². The van der Waals surface area contributed by atoms with E-state index >= 15 is 0 Å². The summed E-state index contributed by atoms with van der Waals surface area (Å²) in [4.78, 5) is 9.27. The van der Waals surface area contributed by atoms with Crippen LogP contribution in [0.3, 0.4) is 0 Å². The SMILES string of the molecule is CCCCCCCCCCc1cnc(-c2ccc(CCCC(C)c3ccccc3)cc2)nc1. The van der Waals surface area contributed by atoms with Crippen LogP contribution in [0.5, 0.6) is 0 Å². The maximum absolute atomic E-state index is 4.64. The number of hydrogen-bond donors (Lipinski definition) is 0. The number of aromatic nitrogens is 2. The van der Waals surface area contributed by atoms with Crippen LogP contribution in [0.25, 0.3) is 11.4 Å². The molecule has 3 rings (SSSR count). The lowest BCUT2D eigenvalue weighted by Crippen LogP contribution is -1.96. The maximum atomic E-state index is 4.64. The molecule has 1 heterocycles. The van der Waals surface area contributed by atoms with Crippen LogP contribution < -0.4 is 0 Å². The zero-order valence-electron chi connectivity index (χ0n) is 20.8. The van der Waals surface area contributed by atoms with Gasteiger partial charge in [0.1, 0.15) is 0 Å². The summed E-state index contributed by atoms with van der Waals surface area (Å²) in [5, 5.41) is 0. The van der Waals surface area contributed by atoms with Crippen LogP contribution in [0, 0.1) is 0 Å². The first-order chi connectivity index (χ1) is 16.3. The molecular formula is C31H42N2. The van der Waals surface area contributed by atoms with Crippen molar-refractivity contribution in [3.63, 3.8) is 0 Å². The minimum Gasteiger partial charge on any atom is -0.236 e. The fourth-order valence-electron chi connectivity index (χ4n) is 4.48. The van der Waals surface area contributed by atoms with Gasteiger partial charge in [-0.05, 0) is 54.7 Å². The van der Waals surface area contributed by atoms with Gasteiger partial charge in [-0.15, -0.1) is 0 Å². The Morgan fingerprint density at radius 1 is 0.636 bits per heavy atom. The summed E-state index contributed by atoms with van der Waals surface area (Å²) >= 11 is 0. The minimum absolute atomic E-state index is 0.614. The minimum atomic E-state index is 0.614. The van der Waals surface area contributed by atoms with Gasteiger partial charge in [-0.2, -0.15) is 0 Å². The summed E-state index contributed by atoms with van der Waals surface area (Å²) < 4.78 is 0. The zero-order valence-corrected chi connectivity index (χ0v) is 20.8. The molecule has 0 bridgehead atoms. The number of unbranched alkanes of at least 4 members (excludes halogenated alkanes) is 7. The number of rotatable bonds is 15. The molecule has 0 aliphatic heterocycles. The van der Waals surface area contributed by atoms with Crippen LogP contribution in [-0.2, 0) is 12.8 Å². The Balaban J connectivity index is 1.37. The van der Waals surface area contributed by atoms with E-state index in [1.165, 1.54) is 80.9 Å². The fraction of sp³-hybridized carbons (Fsp3) is 0.484. The highest BCUT2D eigenvalue weighted by Crippen LogP contribution is 2.22. The highest BCUT2D eigenvalue weighted by molar-refractivity contribution is 5.55. The van der Waals surface area contributed by atoms with Crippen LogP contribution in [-0.4, -0.2) is 9.97 Å². The molecule has 176 valence electrons. The number of nitrogens with zero attached hydrogens (tertiary/aromatic N) is 2. The summed E-state index contributed by atoms with van der Waals surface area (Å²) in [6.07, 6.45) is 19.5. The van der Waals surface area contributed by atoms with Crippen LogP contribution in [0.15, 0.2) is 67.0 Å². The predicted molar refractivity (Wildman–Crippen MR) is 142 cm³/mol. The van der Waals surface area contributed by atoms with E-state index in [2.05, 4.69) is 78.4 Å². The molecule has 0 N–H and O–H groups in total. The third kappa shape index (κ3) is 9.12. The van der Waals surface area contributed by atoms with Crippen LogP contribution in [0.1, 0.15) is 101 Å². The Bertz CT molecular complexity index is 884. The van der Waals surface area contributed by atoms with Gasteiger partial charge in [0, 0.05) is 18.0 Å². The lowest BCUT2D eigenvalue weighted by Gasteiger charge is -2.11. The Morgan fingerprint density at radius 2 is 1.24 bits per heavy atom. The van der Waals surface area contributed by atoms with Gasteiger partial charge in [-0.25, -0.2) is 9.97 Å². The monoisotopic (exact) mass is 442 g/mol. The van der Waals surface area contributed by atoms with Gasteiger partial charge in [-0.3, -0.25) is 0 Å². The molecule has 3 aromatic rings. The van der Waals surface area contributed by atoms with Gasteiger partial charge < -0.3 is 0 Å². The molecule has 0 radical (unpaired) electrons. The predicted octanol–water partition coefficient (Wildman–Crippen LogP) is 8.95. The molecule has 0 aliphatic rings. The van der Waals surface area contributed by atoms with Gasteiger partial charge in [0.15, 0.2) is 5.82 Å². The smallest absolute Gasteiger partial charge is 0.159 e. The summed E-state index contributed by atoms with van der Waals surface area (Å²) in [6, 6.07) is 19.6. The molecule has 1 unspecified atom stereocenters. The van der Waals surface area contributed by atoms with E-state index in [9.17, 15) is 0 Å². The summed E-state index contributed by atoms with van der Waals surface area (Å²) in [5.41, 5.74) is 5.20. The quantitative estimate of drug-likeness (QED) is 0.219. The lowest BCUT2D eigenvalue weighted by molar-refractivity contribution is 0.575. The molecule has 1 atom stereocenters. The molecule has 0 spiro atoms. The van der Waals surface area contributed by atoms with Crippen molar-refractivity contribution in [2.75, 3.05) is 0 Å². The Hall–Kier alpha value is -2.48. The third-order valence-electron chi connectivity index (χ3n) is 6.71. The largest absolute Gasteiger partial charge is 0.236 e. The average Bonchev–Trinajstić information content (AvgIpc) is 2.87. The van der Waals surface area contributed by atoms with Gasteiger partial charge in [0.05, 0.1) is 0 Å². The molecule has 33 heavy (non-hydrogen) atoms. The van der Waals surface area contributed by atoms with E-state index in [1.807, 2.05) is 12.4 Å². The second kappa shape index (κ2) is 14.6. The van der Waals surface area contributed by atoms with E-state index < -0.39 is 0 Å². The van der Waals surface area contributed by atoms with E-state index in [1.54, 1.807) is 0 Å². The van der Waals surface area contributed by atoms with Crippen molar-refractivity contribution in [3.05, 3.63) is 83.7 Å². The third-order valence-corrected chi connectivity index (χ3v) is 6.71. The van der Waals surface area contributed by atoms with E-state index in [0.29, 0.717) is 5.92 Å². The van der Waals surface area contributed by atoms with Crippen molar-refractivity contribution in [1.82, 2.24) is 9.97 Å². The number of aryl methyl sites for hydroxylation is 2. The summed E-state index contributed by atoms with van der Waals surface area (Å²) in [6.45, 7) is 4.60. The second-order valence-electron chi connectivity index (χ2n) is 9.54. The van der Waals surface area contributed by atoms with Crippen molar-refractivity contribution in [2.24, 2.45) is 0 Å². The normalized spacial score (nSPS) is 12.1. The standard InChI is InChI=1S/C31H42N2/c1-3-4-5-6-7-8-9-11-16-28-24-32-31(33-25-28)30-22-20-27(21-23-30)17-14-15-26(2)29-18-12-10-13-19-29/h10,12-13,18-26H,3-9,11,14-17H2,1-2H3. The molecule has 0 aliphatic carbocycles. The van der Waals surface area contributed by atoms with Crippen molar-refractivity contribution >= 4 is 0 Å². The van der Waals surface area contributed by atoms with Gasteiger partial charge >= 0.3 is 0 Å². The summed E-state index contributed by atoms with van der Waals surface area (Å²) in [7, 11) is 0. The molecule has 0 amide bonds. The summed E-state index contributed by atoms with van der Waals surface area (Å²) in [5.74, 6) is 1.45. The molecule has 0 fully saturated rings.